The summed E-state index contributed by atoms with van der Waals surface area (Å²) in [4.78, 5) is 28.5. The van der Waals surface area contributed by atoms with Crippen molar-refractivity contribution in [2.24, 2.45) is 0 Å². The zero-order chi connectivity index (χ0) is 20.9. The maximum Gasteiger partial charge on any atom is 0.255 e. The van der Waals surface area contributed by atoms with E-state index < -0.39 is 0 Å². The summed E-state index contributed by atoms with van der Waals surface area (Å²) >= 11 is 0. The minimum Gasteiger partial charge on any atom is -0.348 e. The zero-order valence-corrected chi connectivity index (χ0v) is 16.9. The Bertz CT molecular complexity index is 973. The minimum atomic E-state index is -0.172. The van der Waals surface area contributed by atoms with Crippen LogP contribution >= 0.6 is 0 Å². The molecule has 0 aliphatic heterocycles. The molecule has 148 valence electrons. The van der Waals surface area contributed by atoms with Crippen LogP contribution in [-0.2, 0) is 12.0 Å². The van der Waals surface area contributed by atoms with Crippen LogP contribution in [0.25, 0.3) is 0 Å². The summed E-state index contributed by atoms with van der Waals surface area (Å²) in [5, 5.41) is 5.75. The van der Waals surface area contributed by atoms with Gasteiger partial charge in [-0.2, -0.15) is 0 Å². The molecule has 0 radical (unpaired) electrons. The van der Waals surface area contributed by atoms with Crippen molar-refractivity contribution in [3.8, 4) is 0 Å². The SMILES string of the molecule is CC(C)(C)c1ccc(C(=O)Nc2ccc(CNC(=O)c3cccnc3)cc2)cc1. The summed E-state index contributed by atoms with van der Waals surface area (Å²) in [5.74, 6) is -0.322. The number of nitrogens with one attached hydrogen (secondary N) is 2. The first kappa shape index (κ1) is 20.3. The quantitative estimate of drug-likeness (QED) is 0.674. The van der Waals surface area contributed by atoms with Crippen LogP contribution in [0.2, 0.25) is 0 Å². The average molecular weight is 387 g/mol. The monoisotopic (exact) mass is 387 g/mol. The largest absolute Gasteiger partial charge is 0.348 e. The number of nitrogens with zero attached hydrogens (tertiary/aromatic N) is 1. The molecular weight excluding hydrogens is 362 g/mol. The second-order valence-corrected chi connectivity index (χ2v) is 7.90. The molecule has 2 aromatic carbocycles. The number of carbonyl (C=O) groups excluding carboxylic acids is 2. The minimum absolute atomic E-state index is 0.0529. The van der Waals surface area contributed by atoms with Crippen LogP contribution in [0.15, 0.2) is 73.1 Å². The highest BCUT2D eigenvalue weighted by molar-refractivity contribution is 6.04. The van der Waals surface area contributed by atoms with E-state index in [2.05, 4.69) is 36.4 Å². The smallest absolute Gasteiger partial charge is 0.255 e. The van der Waals surface area contributed by atoms with Gasteiger partial charge in [-0.15, -0.1) is 0 Å². The number of anilines is 1. The van der Waals surface area contributed by atoms with Gasteiger partial charge in [-0.1, -0.05) is 45.0 Å². The number of benzene rings is 2. The van der Waals surface area contributed by atoms with E-state index in [1.807, 2.05) is 48.5 Å². The molecule has 1 heterocycles. The van der Waals surface area contributed by atoms with Gasteiger partial charge in [0.2, 0.25) is 0 Å². The molecule has 3 rings (SSSR count). The fraction of sp³-hybridized carbons (Fsp3) is 0.208. The van der Waals surface area contributed by atoms with Gasteiger partial charge in [0.1, 0.15) is 0 Å². The van der Waals surface area contributed by atoms with E-state index >= 15 is 0 Å². The summed E-state index contributed by atoms with van der Waals surface area (Å²) < 4.78 is 0. The molecule has 0 unspecified atom stereocenters. The number of hydrogen-bond donors (Lipinski definition) is 2. The Hall–Kier alpha value is -3.47. The molecule has 5 nitrogen and oxygen atoms in total. The van der Waals surface area contributed by atoms with E-state index in [1.165, 1.54) is 11.8 Å². The fourth-order valence-corrected chi connectivity index (χ4v) is 2.81. The van der Waals surface area contributed by atoms with Gasteiger partial charge in [0.05, 0.1) is 5.56 Å². The number of aromatic nitrogens is 1. The summed E-state index contributed by atoms with van der Waals surface area (Å²) in [5.41, 5.74) is 4.02. The standard InChI is InChI=1S/C24H25N3O2/c1-24(2,3)20-10-8-18(9-11-20)23(29)27-21-12-6-17(7-13-21)15-26-22(28)19-5-4-14-25-16-19/h4-14,16H,15H2,1-3H3,(H,26,28)(H,27,29). The Morgan fingerprint density at radius 1 is 0.862 bits per heavy atom. The van der Waals surface area contributed by atoms with Crippen LogP contribution in [0.4, 0.5) is 5.69 Å². The van der Waals surface area contributed by atoms with Crippen molar-refractivity contribution in [3.05, 3.63) is 95.3 Å². The highest BCUT2D eigenvalue weighted by atomic mass is 16.2. The highest BCUT2D eigenvalue weighted by Crippen LogP contribution is 2.22. The molecule has 0 bridgehead atoms. The van der Waals surface area contributed by atoms with Gasteiger partial charge >= 0.3 is 0 Å². The topological polar surface area (TPSA) is 71.1 Å². The first-order chi connectivity index (χ1) is 13.8. The van der Waals surface area contributed by atoms with Gasteiger partial charge in [-0.05, 0) is 52.9 Å². The Kier molecular flexibility index (Phi) is 6.07. The Labute approximate surface area is 171 Å². The Morgan fingerprint density at radius 2 is 1.55 bits per heavy atom. The van der Waals surface area contributed by atoms with Crippen molar-refractivity contribution in [1.82, 2.24) is 10.3 Å². The normalized spacial score (nSPS) is 11.0. The molecule has 2 N–H and O–H groups in total. The Morgan fingerprint density at radius 3 is 2.14 bits per heavy atom. The zero-order valence-electron chi connectivity index (χ0n) is 16.9. The Balaban J connectivity index is 1.56. The predicted octanol–water partition coefficient (Wildman–Crippen LogP) is 4.56. The number of carbonyl (C=O) groups is 2. The molecule has 29 heavy (non-hydrogen) atoms. The van der Waals surface area contributed by atoms with Crippen molar-refractivity contribution in [1.29, 1.82) is 0 Å². The highest BCUT2D eigenvalue weighted by Gasteiger charge is 2.14. The van der Waals surface area contributed by atoms with E-state index in [1.54, 1.807) is 18.3 Å². The third kappa shape index (κ3) is 5.51. The maximum absolute atomic E-state index is 12.5. The lowest BCUT2D eigenvalue weighted by Crippen LogP contribution is -2.22. The van der Waals surface area contributed by atoms with Crippen LogP contribution in [0, 0.1) is 0 Å². The van der Waals surface area contributed by atoms with Crippen molar-refractivity contribution >= 4 is 17.5 Å². The van der Waals surface area contributed by atoms with Crippen LogP contribution in [0.1, 0.15) is 52.6 Å². The van der Waals surface area contributed by atoms with Crippen LogP contribution in [0.3, 0.4) is 0 Å². The van der Waals surface area contributed by atoms with E-state index in [0.29, 0.717) is 23.4 Å². The van der Waals surface area contributed by atoms with Crippen LogP contribution in [-0.4, -0.2) is 16.8 Å². The second kappa shape index (κ2) is 8.69. The maximum atomic E-state index is 12.5. The average Bonchev–Trinajstić information content (AvgIpc) is 2.73. The molecule has 0 saturated heterocycles. The van der Waals surface area contributed by atoms with Crippen molar-refractivity contribution in [3.63, 3.8) is 0 Å². The molecular formula is C24H25N3O2. The van der Waals surface area contributed by atoms with Crippen LogP contribution in [0.5, 0.6) is 0 Å². The third-order valence-corrected chi connectivity index (χ3v) is 4.60. The lowest BCUT2D eigenvalue weighted by molar-refractivity contribution is 0.0949. The molecule has 0 atom stereocenters. The molecule has 0 spiro atoms. The summed E-state index contributed by atoms with van der Waals surface area (Å²) in [6.45, 7) is 6.82. The first-order valence-corrected chi connectivity index (χ1v) is 9.52. The summed E-state index contributed by atoms with van der Waals surface area (Å²) in [7, 11) is 0. The molecule has 0 aliphatic rings. The number of pyridine rings is 1. The van der Waals surface area contributed by atoms with Crippen LogP contribution < -0.4 is 10.6 Å². The van der Waals surface area contributed by atoms with Crippen molar-refractivity contribution in [2.45, 2.75) is 32.7 Å². The molecule has 0 saturated carbocycles. The second-order valence-electron chi connectivity index (χ2n) is 7.90. The number of rotatable bonds is 5. The lowest BCUT2D eigenvalue weighted by Gasteiger charge is -2.19. The van der Waals surface area contributed by atoms with Gasteiger partial charge in [-0.3, -0.25) is 14.6 Å². The van der Waals surface area contributed by atoms with E-state index in [9.17, 15) is 9.59 Å². The molecule has 0 fully saturated rings. The van der Waals surface area contributed by atoms with Gasteiger partial charge in [0, 0.05) is 30.2 Å². The number of amides is 2. The summed E-state index contributed by atoms with van der Waals surface area (Å²) in [6, 6.07) is 18.5. The van der Waals surface area contributed by atoms with E-state index in [4.69, 9.17) is 0 Å². The third-order valence-electron chi connectivity index (χ3n) is 4.60. The molecule has 1 aromatic heterocycles. The van der Waals surface area contributed by atoms with Gasteiger partial charge in [-0.25, -0.2) is 0 Å². The van der Waals surface area contributed by atoms with Crippen molar-refractivity contribution < 1.29 is 9.59 Å². The summed E-state index contributed by atoms with van der Waals surface area (Å²) in [6.07, 6.45) is 3.16. The van der Waals surface area contributed by atoms with E-state index in [0.717, 1.165) is 5.56 Å². The van der Waals surface area contributed by atoms with Gasteiger partial charge in [0.25, 0.3) is 11.8 Å². The molecule has 5 heteroatoms. The number of hydrogen-bond acceptors (Lipinski definition) is 3. The molecule has 0 aliphatic carbocycles. The molecule has 2 amide bonds. The lowest BCUT2D eigenvalue weighted by atomic mass is 9.87. The fourth-order valence-electron chi connectivity index (χ4n) is 2.81. The predicted molar refractivity (Wildman–Crippen MR) is 115 cm³/mol. The van der Waals surface area contributed by atoms with Gasteiger partial charge in [0.15, 0.2) is 0 Å². The van der Waals surface area contributed by atoms with Crippen molar-refractivity contribution in [2.75, 3.05) is 5.32 Å². The first-order valence-electron chi connectivity index (χ1n) is 9.52. The molecule has 3 aromatic rings. The van der Waals surface area contributed by atoms with E-state index in [-0.39, 0.29) is 17.2 Å². The van der Waals surface area contributed by atoms with Gasteiger partial charge < -0.3 is 10.6 Å².